The highest BCUT2D eigenvalue weighted by Gasteiger charge is 2.22. The molecule has 0 radical (unpaired) electrons. The summed E-state index contributed by atoms with van der Waals surface area (Å²) in [5.41, 5.74) is 15.6. The predicted octanol–water partition coefficient (Wildman–Crippen LogP) is 13.1. The predicted molar refractivity (Wildman–Crippen MR) is 273 cm³/mol. The monoisotopic (exact) mass is 850 g/mol. The zero-order chi connectivity index (χ0) is 44.0. The van der Waals surface area contributed by atoms with Gasteiger partial charge in [0.05, 0.1) is 0 Å². The van der Waals surface area contributed by atoms with Crippen molar-refractivity contribution in [3.63, 3.8) is 0 Å². The van der Waals surface area contributed by atoms with Crippen molar-refractivity contribution >= 4 is 0 Å². The van der Waals surface area contributed by atoms with Crippen LogP contribution in [-0.4, -0.2) is 71.5 Å². The summed E-state index contributed by atoms with van der Waals surface area (Å²) in [6.45, 7) is 13.1. The van der Waals surface area contributed by atoms with Crippen LogP contribution in [0.25, 0.3) is 44.5 Å². The van der Waals surface area contributed by atoms with Crippen LogP contribution in [0.4, 0.5) is 0 Å². The molecule has 0 N–H and O–H groups in total. The Morgan fingerprint density at radius 2 is 0.523 bits per heavy atom. The Hall–Kier alpha value is -6.40. The fourth-order valence-corrected chi connectivity index (χ4v) is 9.30. The summed E-state index contributed by atoms with van der Waals surface area (Å²) in [7, 11) is 0. The summed E-state index contributed by atoms with van der Waals surface area (Å²) in [5, 5.41) is 0. The van der Waals surface area contributed by atoms with Gasteiger partial charge in [0.25, 0.3) is 0 Å². The molecule has 0 aliphatic carbocycles. The second-order valence-electron chi connectivity index (χ2n) is 17.9. The molecule has 4 heteroatoms. The summed E-state index contributed by atoms with van der Waals surface area (Å²) in [4.78, 5) is 10.9. The standard InChI is InChI=1S/C61H62N4/c1-49-44-64(47-52-26-34-60(35-27-52)56-18-10-4-11-19-56)41-40-62(45-50-22-30-58(31-23-50)54-14-6-2-7-15-54)38-39-63(46-51-24-32-59(33-25-51)55-16-8-3-9-17-55)42-43-65(49)48-53-28-36-61(37-29-53)57-20-12-5-13-21-57/h2-37,49H,38-48H2,1H3/t49-/m0/s1. The van der Waals surface area contributed by atoms with Crippen LogP contribution in [0, 0.1) is 0 Å². The molecule has 0 amide bonds. The van der Waals surface area contributed by atoms with Crippen molar-refractivity contribution in [3.8, 4) is 44.5 Å². The van der Waals surface area contributed by atoms with Gasteiger partial charge in [-0.25, -0.2) is 0 Å². The fourth-order valence-electron chi connectivity index (χ4n) is 9.30. The maximum Gasteiger partial charge on any atom is 0.0237 e. The normalized spacial score (nSPS) is 16.1. The van der Waals surface area contributed by atoms with E-state index in [4.69, 9.17) is 0 Å². The largest absolute Gasteiger partial charge is 0.297 e. The Labute approximate surface area is 388 Å². The van der Waals surface area contributed by atoms with Crippen molar-refractivity contribution < 1.29 is 0 Å². The molecular formula is C61H62N4. The van der Waals surface area contributed by atoms with Crippen LogP contribution < -0.4 is 0 Å². The zero-order valence-corrected chi connectivity index (χ0v) is 37.9. The molecule has 65 heavy (non-hydrogen) atoms. The van der Waals surface area contributed by atoms with E-state index in [1.54, 1.807) is 0 Å². The van der Waals surface area contributed by atoms with Crippen LogP contribution in [-0.2, 0) is 26.2 Å². The average Bonchev–Trinajstić information content (AvgIpc) is 3.37. The van der Waals surface area contributed by atoms with Gasteiger partial charge < -0.3 is 0 Å². The topological polar surface area (TPSA) is 13.0 Å². The highest BCUT2D eigenvalue weighted by Crippen LogP contribution is 2.25. The van der Waals surface area contributed by atoms with Crippen LogP contribution >= 0.6 is 0 Å². The second kappa shape index (κ2) is 22.0. The van der Waals surface area contributed by atoms with Crippen LogP contribution in [0.1, 0.15) is 29.2 Å². The molecule has 4 nitrogen and oxygen atoms in total. The lowest BCUT2D eigenvalue weighted by Crippen LogP contribution is -2.48. The Bertz CT molecular complexity index is 2610. The highest BCUT2D eigenvalue weighted by atomic mass is 15.3. The second-order valence-corrected chi connectivity index (χ2v) is 17.9. The van der Waals surface area contributed by atoms with E-state index in [0.717, 1.165) is 72.0 Å². The minimum absolute atomic E-state index is 0.345. The van der Waals surface area contributed by atoms with Crippen LogP contribution in [0.2, 0.25) is 0 Å². The molecule has 1 heterocycles. The third-order valence-corrected chi connectivity index (χ3v) is 13.2. The lowest BCUT2D eigenvalue weighted by molar-refractivity contribution is 0.0926. The van der Waals surface area contributed by atoms with Gasteiger partial charge in [-0.05, 0) is 73.7 Å². The summed E-state index contributed by atoms with van der Waals surface area (Å²) in [6.07, 6.45) is 0. The van der Waals surface area contributed by atoms with E-state index >= 15 is 0 Å². The molecule has 326 valence electrons. The Balaban J connectivity index is 0.977. The van der Waals surface area contributed by atoms with E-state index < -0.39 is 0 Å². The molecule has 1 aliphatic rings. The van der Waals surface area contributed by atoms with E-state index in [1.165, 1.54) is 66.8 Å². The van der Waals surface area contributed by atoms with Gasteiger partial charge in [-0.15, -0.1) is 0 Å². The third-order valence-electron chi connectivity index (χ3n) is 13.2. The third kappa shape index (κ3) is 12.2. The number of hydrogen-bond acceptors (Lipinski definition) is 4. The maximum atomic E-state index is 2.74. The van der Waals surface area contributed by atoms with Gasteiger partial charge in [0.15, 0.2) is 0 Å². The van der Waals surface area contributed by atoms with E-state index in [1.807, 2.05) is 0 Å². The summed E-state index contributed by atoms with van der Waals surface area (Å²) in [6, 6.07) is 80.3. The van der Waals surface area contributed by atoms with E-state index in [9.17, 15) is 0 Å². The maximum absolute atomic E-state index is 2.74. The Morgan fingerprint density at radius 1 is 0.277 bits per heavy atom. The average molecular weight is 851 g/mol. The first kappa shape index (κ1) is 43.8. The van der Waals surface area contributed by atoms with Crippen molar-refractivity contribution in [3.05, 3.63) is 241 Å². The summed E-state index contributed by atoms with van der Waals surface area (Å²) >= 11 is 0. The molecular weight excluding hydrogens is 789 g/mol. The molecule has 0 bridgehead atoms. The Morgan fingerprint density at radius 3 is 0.846 bits per heavy atom. The smallest absolute Gasteiger partial charge is 0.0237 e. The molecule has 9 rings (SSSR count). The van der Waals surface area contributed by atoms with Crippen molar-refractivity contribution in [2.75, 3.05) is 45.8 Å². The number of rotatable bonds is 12. The first-order valence-corrected chi connectivity index (χ1v) is 23.6. The zero-order valence-electron chi connectivity index (χ0n) is 37.9. The molecule has 1 fully saturated rings. The van der Waals surface area contributed by atoms with Crippen molar-refractivity contribution in [2.24, 2.45) is 0 Å². The van der Waals surface area contributed by atoms with E-state index in [0.29, 0.717) is 6.04 Å². The van der Waals surface area contributed by atoms with Gasteiger partial charge in [-0.3, -0.25) is 19.6 Å². The Kier molecular flexibility index (Phi) is 14.8. The lowest BCUT2D eigenvalue weighted by atomic mass is 10.0. The van der Waals surface area contributed by atoms with Gasteiger partial charge in [-0.1, -0.05) is 218 Å². The molecule has 8 aromatic rings. The molecule has 0 spiro atoms. The van der Waals surface area contributed by atoms with E-state index in [-0.39, 0.29) is 0 Å². The van der Waals surface area contributed by atoms with Gasteiger partial charge >= 0.3 is 0 Å². The molecule has 0 aromatic heterocycles. The first-order chi connectivity index (χ1) is 32.1. The van der Waals surface area contributed by atoms with Crippen molar-refractivity contribution in [1.29, 1.82) is 0 Å². The van der Waals surface area contributed by atoms with Crippen LogP contribution in [0.5, 0.6) is 0 Å². The minimum atomic E-state index is 0.345. The van der Waals surface area contributed by atoms with Gasteiger partial charge in [0, 0.05) is 78.0 Å². The minimum Gasteiger partial charge on any atom is -0.297 e. The quantitative estimate of drug-likeness (QED) is 0.121. The van der Waals surface area contributed by atoms with Crippen LogP contribution in [0.3, 0.4) is 0 Å². The number of hydrogen-bond donors (Lipinski definition) is 0. The van der Waals surface area contributed by atoms with Gasteiger partial charge in [-0.2, -0.15) is 0 Å². The van der Waals surface area contributed by atoms with Crippen LogP contribution in [0.15, 0.2) is 218 Å². The molecule has 0 saturated carbocycles. The van der Waals surface area contributed by atoms with Crippen molar-refractivity contribution in [1.82, 2.24) is 19.6 Å². The number of nitrogens with zero attached hydrogens (tertiary/aromatic N) is 4. The lowest BCUT2D eigenvalue weighted by Gasteiger charge is -2.38. The molecule has 1 aliphatic heterocycles. The SMILES string of the molecule is C[C@H]1CN(Cc2ccc(-c3ccccc3)cc2)CCN(Cc2ccc(-c3ccccc3)cc2)CCN(Cc2ccc(-c3ccccc3)cc2)CCN1Cc1ccc(-c2ccccc2)cc1. The summed E-state index contributed by atoms with van der Waals surface area (Å²) in [5.74, 6) is 0. The molecule has 0 unspecified atom stereocenters. The first-order valence-electron chi connectivity index (χ1n) is 23.6. The summed E-state index contributed by atoms with van der Waals surface area (Å²) < 4.78 is 0. The number of benzene rings is 8. The van der Waals surface area contributed by atoms with E-state index in [2.05, 4.69) is 245 Å². The molecule has 1 saturated heterocycles. The molecule has 1 atom stereocenters. The highest BCUT2D eigenvalue weighted by molar-refractivity contribution is 5.66. The van der Waals surface area contributed by atoms with Crippen molar-refractivity contribution in [2.45, 2.75) is 39.1 Å². The fraction of sp³-hybridized carbons (Fsp3) is 0.213. The van der Waals surface area contributed by atoms with Gasteiger partial charge in [0.2, 0.25) is 0 Å². The van der Waals surface area contributed by atoms with Gasteiger partial charge in [0.1, 0.15) is 0 Å². The molecule has 8 aromatic carbocycles.